The molecule has 5 heteroatoms. The normalized spacial score (nSPS) is 23.5. The molecule has 2 unspecified atom stereocenters. The largest absolute Gasteiger partial charge is 0.394 e. The fourth-order valence-electron chi connectivity index (χ4n) is 2.45. The van der Waals surface area contributed by atoms with Crippen molar-refractivity contribution in [2.24, 2.45) is 5.92 Å². The second kappa shape index (κ2) is 5.15. The van der Waals surface area contributed by atoms with Gasteiger partial charge in [0.1, 0.15) is 17.3 Å². The highest BCUT2D eigenvalue weighted by atomic mass is 19.1. The van der Waals surface area contributed by atoms with Gasteiger partial charge in [0.15, 0.2) is 0 Å². The van der Waals surface area contributed by atoms with E-state index in [1.165, 1.54) is 0 Å². The Labute approximate surface area is 111 Å². The third-order valence-electron chi connectivity index (χ3n) is 3.70. The van der Waals surface area contributed by atoms with Crippen LogP contribution in [0.1, 0.15) is 37.0 Å². The van der Waals surface area contributed by atoms with Crippen molar-refractivity contribution >= 4 is 11.6 Å². The van der Waals surface area contributed by atoms with Gasteiger partial charge in [-0.1, -0.05) is 6.92 Å². The first-order chi connectivity index (χ1) is 8.90. The zero-order valence-electron chi connectivity index (χ0n) is 11.1. The van der Waals surface area contributed by atoms with Crippen molar-refractivity contribution in [3.63, 3.8) is 0 Å². The summed E-state index contributed by atoms with van der Waals surface area (Å²) in [5.74, 6) is -1.71. The van der Waals surface area contributed by atoms with Gasteiger partial charge in [0.05, 0.1) is 0 Å². The molecule has 2 rings (SSSR count). The third-order valence-corrected chi connectivity index (χ3v) is 3.70. The Bertz CT molecular complexity index is 481. The molecule has 104 valence electrons. The van der Waals surface area contributed by atoms with Crippen LogP contribution >= 0.6 is 0 Å². The van der Waals surface area contributed by atoms with E-state index >= 15 is 0 Å². The van der Waals surface area contributed by atoms with Crippen molar-refractivity contribution in [1.82, 2.24) is 4.90 Å². The van der Waals surface area contributed by atoms with Crippen LogP contribution in [0.4, 0.5) is 14.5 Å². The van der Waals surface area contributed by atoms with Crippen molar-refractivity contribution in [2.75, 3.05) is 12.3 Å². The van der Waals surface area contributed by atoms with Crippen LogP contribution in [0.2, 0.25) is 0 Å². The molecule has 1 aromatic rings. The van der Waals surface area contributed by atoms with E-state index in [0.717, 1.165) is 25.0 Å². The minimum absolute atomic E-state index is 0.0187. The van der Waals surface area contributed by atoms with Gasteiger partial charge < -0.3 is 10.6 Å². The summed E-state index contributed by atoms with van der Waals surface area (Å²) in [6.07, 6.45) is 1.97. The number of rotatable bonds is 1. The molecule has 3 nitrogen and oxygen atoms in total. The molecule has 0 saturated carbocycles. The third kappa shape index (κ3) is 2.69. The number of piperidine rings is 1. The highest BCUT2D eigenvalue weighted by molar-refractivity contribution is 5.95. The molecular formula is C14H18F2N2O. The van der Waals surface area contributed by atoms with E-state index in [1.807, 2.05) is 6.92 Å². The van der Waals surface area contributed by atoms with Crippen LogP contribution in [0.15, 0.2) is 12.1 Å². The average molecular weight is 268 g/mol. The maximum Gasteiger partial charge on any atom is 0.254 e. The number of anilines is 1. The molecule has 1 aliphatic heterocycles. The lowest BCUT2D eigenvalue weighted by atomic mass is 9.94. The molecule has 1 saturated heterocycles. The highest BCUT2D eigenvalue weighted by Gasteiger charge is 2.28. The maximum atomic E-state index is 13.4. The summed E-state index contributed by atoms with van der Waals surface area (Å²) in [4.78, 5) is 14.0. The molecule has 0 radical (unpaired) electrons. The van der Waals surface area contributed by atoms with E-state index in [-0.39, 0.29) is 17.5 Å². The van der Waals surface area contributed by atoms with Gasteiger partial charge in [-0.2, -0.15) is 0 Å². The summed E-state index contributed by atoms with van der Waals surface area (Å²) in [7, 11) is 0. The monoisotopic (exact) mass is 268 g/mol. The predicted octanol–water partition coefficient (Wildman–Crippen LogP) is 2.81. The molecule has 1 amide bonds. The van der Waals surface area contributed by atoms with Crippen molar-refractivity contribution in [2.45, 2.75) is 32.7 Å². The molecule has 0 spiro atoms. The molecular weight excluding hydrogens is 250 g/mol. The van der Waals surface area contributed by atoms with Gasteiger partial charge in [0, 0.05) is 18.2 Å². The molecule has 1 aliphatic rings. The molecule has 2 N–H and O–H groups in total. The molecule has 0 aromatic heterocycles. The fourth-order valence-corrected chi connectivity index (χ4v) is 2.45. The lowest BCUT2D eigenvalue weighted by Crippen LogP contribution is -2.45. The van der Waals surface area contributed by atoms with Gasteiger partial charge >= 0.3 is 0 Å². The van der Waals surface area contributed by atoms with E-state index in [9.17, 15) is 13.6 Å². The highest BCUT2D eigenvalue weighted by Crippen LogP contribution is 2.25. The van der Waals surface area contributed by atoms with Crippen molar-refractivity contribution in [3.05, 3.63) is 29.3 Å². The Morgan fingerprint density at radius 2 is 1.84 bits per heavy atom. The van der Waals surface area contributed by atoms with Gasteiger partial charge in [-0.05, 0) is 37.8 Å². The minimum atomic E-state index is -0.888. The van der Waals surface area contributed by atoms with E-state index < -0.39 is 17.3 Å². The number of hydrogen-bond acceptors (Lipinski definition) is 2. The smallest absolute Gasteiger partial charge is 0.254 e. The fraction of sp³-hybridized carbons (Fsp3) is 0.500. The van der Waals surface area contributed by atoms with Crippen LogP contribution in [-0.2, 0) is 0 Å². The Balaban J connectivity index is 2.28. The zero-order chi connectivity index (χ0) is 14.2. The number of hydrogen-bond donors (Lipinski definition) is 1. The number of carbonyl (C=O) groups is 1. The van der Waals surface area contributed by atoms with Crippen LogP contribution < -0.4 is 5.73 Å². The topological polar surface area (TPSA) is 46.3 Å². The second-order valence-electron chi connectivity index (χ2n) is 5.34. The average Bonchev–Trinajstić information content (AvgIpc) is 2.37. The number of amides is 1. The molecule has 1 heterocycles. The van der Waals surface area contributed by atoms with Crippen LogP contribution in [0.5, 0.6) is 0 Å². The summed E-state index contributed by atoms with van der Waals surface area (Å²) < 4.78 is 26.8. The summed E-state index contributed by atoms with van der Waals surface area (Å²) in [6.45, 7) is 4.64. The number of halogens is 2. The molecule has 1 fully saturated rings. The number of nitrogens with zero attached hydrogens (tertiary/aromatic N) is 1. The first-order valence-corrected chi connectivity index (χ1v) is 6.45. The lowest BCUT2D eigenvalue weighted by Gasteiger charge is -2.36. The Morgan fingerprint density at radius 3 is 2.42 bits per heavy atom. The predicted molar refractivity (Wildman–Crippen MR) is 69.7 cm³/mol. The number of carbonyl (C=O) groups excluding carboxylic acids is 1. The quantitative estimate of drug-likeness (QED) is 0.796. The molecule has 1 aromatic carbocycles. The summed E-state index contributed by atoms with van der Waals surface area (Å²) in [5, 5.41) is 0. The number of nitrogens with two attached hydrogens (primary N) is 1. The summed E-state index contributed by atoms with van der Waals surface area (Å²) in [5.41, 5.74) is 4.68. The van der Waals surface area contributed by atoms with Crippen molar-refractivity contribution in [1.29, 1.82) is 0 Å². The lowest BCUT2D eigenvalue weighted by molar-refractivity contribution is 0.0573. The Kier molecular flexibility index (Phi) is 3.73. The van der Waals surface area contributed by atoms with Crippen LogP contribution in [0.3, 0.4) is 0 Å². The van der Waals surface area contributed by atoms with Crippen molar-refractivity contribution in [3.8, 4) is 0 Å². The van der Waals surface area contributed by atoms with Crippen molar-refractivity contribution < 1.29 is 13.6 Å². The maximum absolute atomic E-state index is 13.4. The molecule has 0 bridgehead atoms. The van der Waals surface area contributed by atoms with Gasteiger partial charge in [0.2, 0.25) is 0 Å². The zero-order valence-corrected chi connectivity index (χ0v) is 11.1. The second-order valence-corrected chi connectivity index (χ2v) is 5.34. The van der Waals surface area contributed by atoms with Gasteiger partial charge in [-0.3, -0.25) is 4.79 Å². The standard InChI is InChI=1S/C14H18F2N2O/c1-8-3-4-9(2)18(7-8)14(19)10-5-11(15)13(17)12(16)6-10/h5-6,8-9H,3-4,7,17H2,1-2H3. The van der Waals surface area contributed by atoms with Crippen LogP contribution in [-0.4, -0.2) is 23.4 Å². The Morgan fingerprint density at radius 1 is 1.26 bits per heavy atom. The SMILES string of the molecule is CC1CCC(C)N(C(=O)c2cc(F)c(N)c(F)c2)C1. The van der Waals surface area contributed by atoms with E-state index in [0.29, 0.717) is 12.5 Å². The summed E-state index contributed by atoms with van der Waals surface area (Å²) >= 11 is 0. The van der Waals surface area contributed by atoms with E-state index in [2.05, 4.69) is 6.92 Å². The number of nitrogen functional groups attached to an aromatic ring is 1. The van der Waals surface area contributed by atoms with Gasteiger partial charge in [-0.25, -0.2) is 8.78 Å². The van der Waals surface area contributed by atoms with Crippen LogP contribution in [0, 0.1) is 17.6 Å². The van der Waals surface area contributed by atoms with Crippen LogP contribution in [0.25, 0.3) is 0 Å². The minimum Gasteiger partial charge on any atom is -0.394 e. The molecule has 2 atom stereocenters. The Hall–Kier alpha value is -1.65. The number of benzene rings is 1. The van der Waals surface area contributed by atoms with Gasteiger partial charge in [-0.15, -0.1) is 0 Å². The first kappa shape index (κ1) is 13.8. The molecule has 0 aliphatic carbocycles. The molecule has 19 heavy (non-hydrogen) atoms. The summed E-state index contributed by atoms with van der Waals surface area (Å²) in [6, 6.07) is 2.10. The number of likely N-dealkylation sites (tertiary alicyclic amines) is 1. The van der Waals surface area contributed by atoms with E-state index in [4.69, 9.17) is 5.73 Å². The van der Waals surface area contributed by atoms with Gasteiger partial charge in [0.25, 0.3) is 5.91 Å². The first-order valence-electron chi connectivity index (χ1n) is 6.45. The van der Waals surface area contributed by atoms with E-state index in [1.54, 1.807) is 4.90 Å².